The van der Waals surface area contributed by atoms with Crippen molar-refractivity contribution in [2.75, 3.05) is 0 Å². The maximum Gasteiger partial charge on any atom is 0.0931 e. The maximum atomic E-state index is 5.99. The van der Waals surface area contributed by atoms with Crippen LogP contribution in [0.25, 0.3) is 0 Å². The minimum Gasteiger partial charge on any atom is -0.271 e. The summed E-state index contributed by atoms with van der Waals surface area (Å²) in [7, 11) is 0. The zero-order chi connectivity index (χ0) is 12.8. The molecule has 0 aromatic carbocycles. The highest BCUT2D eigenvalue weighted by Crippen LogP contribution is 2.29. The molecule has 0 amide bonds. The summed E-state index contributed by atoms with van der Waals surface area (Å²) in [6.45, 7) is 0. The first-order chi connectivity index (χ1) is 8.79. The smallest absolute Gasteiger partial charge is 0.0931 e. The standard InChI is InChI=1S/C14H23ClN2S/c15-14-9-8-12(18-14)10-13(17-16)11-6-4-2-1-3-5-7-11/h8-9,11,13,17H,1-7,10,16H2. The van der Waals surface area contributed by atoms with Crippen LogP contribution in [0.15, 0.2) is 12.1 Å². The van der Waals surface area contributed by atoms with Crippen LogP contribution >= 0.6 is 22.9 Å². The lowest BCUT2D eigenvalue weighted by molar-refractivity contribution is 0.286. The number of hydrogen-bond donors (Lipinski definition) is 2. The number of nitrogens with two attached hydrogens (primary N) is 1. The Morgan fingerprint density at radius 3 is 2.44 bits per heavy atom. The van der Waals surface area contributed by atoms with E-state index in [9.17, 15) is 0 Å². The molecule has 0 bridgehead atoms. The van der Waals surface area contributed by atoms with E-state index in [-0.39, 0.29) is 0 Å². The summed E-state index contributed by atoms with van der Waals surface area (Å²) < 4.78 is 0.874. The van der Waals surface area contributed by atoms with Gasteiger partial charge in [0.2, 0.25) is 0 Å². The van der Waals surface area contributed by atoms with Crippen LogP contribution in [0.3, 0.4) is 0 Å². The van der Waals surface area contributed by atoms with Crippen LogP contribution in [0, 0.1) is 5.92 Å². The highest BCUT2D eigenvalue weighted by molar-refractivity contribution is 7.16. The van der Waals surface area contributed by atoms with Crippen molar-refractivity contribution in [3.8, 4) is 0 Å². The molecule has 1 fully saturated rings. The molecule has 1 aromatic rings. The largest absolute Gasteiger partial charge is 0.271 e. The first kappa shape index (κ1) is 14.3. The zero-order valence-electron chi connectivity index (χ0n) is 10.8. The molecule has 0 aliphatic heterocycles. The summed E-state index contributed by atoms with van der Waals surface area (Å²) in [5, 5.41) is 0. The van der Waals surface area contributed by atoms with E-state index in [1.807, 2.05) is 6.07 Å². The van der Waals surface area contributed by atoms with Crippen molar-refractivity contribution < 1.29 is 0 Å². The van der Waals surface area contributed by atoms with Crippen molar-refractivity contribution in [3.05, 3.63) is 21.3 Å². The molecule has 1 saturated carbocycles. The van der Waals surface area contributed by atoms with Gasteiger partial charge in [-0.3, -0.25) is 11.3 Å². The zero-order valence-corrected chi connectivity index (χ0v) is 12.4. The molecule has 1 atom stereocenters. The fourth-order valence-electron chi connectivity index (χ4n) is 2.93. The second kappa shape index (κ2) is 7.49. The third-order valence-electron chi connectivity index (χ3n) is 3.98. The van der Waals surface area contributed by atoms with E-state index in [1.165, 1.54) is 49.8 Å². The molecule has 1 unspecified atom stereocenters. The molecule has 4 heteroatoms. The first-order valence-electron chi connectivity index (χ1n) is 7.00. The SMILES string of the molecule is NNC(Cc1ccc(Cl)s1)C1CCCCCCC1. The predicted octanol–water partition coefficient (Wildman–Crippen LogP) is 4.14. The third-order valence-corrected chi connectivity index (χ3v) is 5.24. The molecule has 3 N–H and O–H groups in total. The monoisotopic (exact) mass is 286 g/mol. The van der Waals surface area contributed by atoms with Gasteiger partial charge in [0.25, 0.3) is 0 Å². The van der Waals surface area contributed by atoms with Gasteiger partial charge < -0.3 is 0 Å². The van der Waals surface area contributed by atoms with E-state index < -0.39 is 0 Å². The summed E-state index contributed by atoms with van der Waals surface area (Å²) >= 11 is 7.66. The summed E-state index contributed by atoms with van der Waals surface area (Å²) in [6.07, 6.45) is 10.5. The molecule has 18 heavy (non-hydrogen) atoms. The minimum atomic E-state index is 0.401. The Morgan fingerprint density at radius 1 is 1.22 bits per heavy atom. The van der Waals surface area contributed by atoms with Crippen LogP contribution < -0.4 is 11.3 Å². The van der Waals surface area contributed by atoms with Gasteiger partial charge in [0.05, 0.1) is 4.34 Å². The Labute approximate surface area is 119 Å². The van der Waals surface area contributed by atoms with E-state index in [1.54, 1.807) is 11.3 Å². The van der Waals surface area contributed by atoms with Crippen molar-refractivity contribution in [2.24, 2.45) is 11.8 Å². The van der Waals surface area contributed by atoms with Crippen LogP contribution in [-0.2, 0) is 6.42 Å². The fourth-order valence-corrected chi connectivity index (χ4v) is 4.08. The Hall–Kier alpha value is -0.0900. The van der Waals surface area contributed by atoms with Gasteiger partial charge in [-0.15, -0.1) is 11.3 Å². The van der Waals surface area contributed by atoms with Crippen molar-refractivity contribution >= 4 is 22.9 Å². The molecule has 2 rings (SSSR count). The Kier molecular flexibility index (Phi) is 5.96. The van der Waals surface area contributed by atoms with Gasteiger partial charge in [-0.25, -0.2) is 0 Å². The first-order valence-corrected chi connectivity index (χ1v) is 8.19. The Bertz CT molecular complexity index is 345. The van der Waals surface area contributed by atoms with Crippen LogP contribution in [0.4, 0.5) is 0 Å². The van der Waals surface area contributed by atoms with Gasteiger partial charge >= 0.3 is 0 Å². The number of thiophene rings is 1. The van der Waals surface area contributed by atoms with Crippen molar-refractivity contribution in [3.63, 3.8) is 0 Å². The molecule has 102 valence electrons. The van der Waals surface area contributed by atoms with E-state index in [4.69, 9.17) is 17.4 Å². The number of hydrogen-bond acceptors (Lipinski definition) is 3. The Morgan fingerprint density at radius 2 is 1.89 bits per heavy atom. The van der Waals surface area contributed by atoms with Gasteiger partial charge in [-0.1, -0.05) is 43.7 Å². The van der Waals surface area contributed by atoms with Gasteiger partial charge in [-0.05, 0) is 37.3 Å². The average molecular weight is 287 g/mol. The number of rotatable bonds is 4. The Balaban J connectivity index is 1.93. The molecule has 0 spiro atoms. The lowest BCUT2D eigenvalue weighted by atomic mass is 9.84. The van der Waals surface area contributed by atoms with Crippen molar-refractivity contribution in [2.45, 2.75) is 57.4 Å². The molecule has 0 radical (unpaired) electrons. The quantitative estimate of drug-likeness (QED) is 0.645. The van der Waals surface area contributed by atoms with Gasteiger partial charge in [0.15, 0.2) is 0 Å². The van der Waals surface area contributed by atoms with Crippen LogP contribution in [0.1, 0.15) is 49.8 Å². The summed E-state index contributed by atoms with van der Waals surface area (Å²) in [5.41, 5.74) is 3.04. The lowest BCUT2D eigenvalue weighted by Crippen LogP contribution is -2.42. The van der Waals surface area contributed by atoms with Gasteiger partial charge in [0.1, 0.15) is 0 Å². The van der Waals surface area contributed by atoms with E-state index >= 15 is 0 Å². The highest BCUT2D eigenvalue weighted by Gasteiger charge is 2.21. The van der Waals surface area contributed by atoms with Crippen molar-refractivity contribution in [1.29, 1.82) is 0 Å². The van der Waals surface area contributed by atoms with Gasteiger partial charge in [0, 0.05) is 10.9 Å². The molecule has 1 aliphatic carbocycles. The molecule has 0 saturated heterocycles. The number of nitrogens with one attached hydrogen (secondary N) is 1. The molecule has 1 heterocycles. The van der Waals surface area contributed by atoms with Crippen LogP contribution in [-0.4, -0.2) is 6.04 Å². The number of hydrazine groups is 1. The predicted molar refractivity (Wildman–Crippen MR) is 80.0 cm³/mol. The van der Waals surface area contributed by atoms with Crippen LogP contribution in [0.2, 0.25) is 4.34 Å². The lowest BCUT2D eigenvalue weighted by Gasteiger charge is -2.28. The third kappa shape index (κ3) is 4.23. The fraction of sp³-hybridized carbons (Fsp3) is 0.714. The topological polar surface area (TPSA) is 38.0 Å². The minimum absolute atomic E-state index is 0.401. The van der Waals surface area contributed by atoms with Gasteiger partial charge in [-0.2, -0.15) is 0 Å². The van der Waals surface area contributed by atoms with E-state index in [0.29, 0.717) is 6.04 Å². The average Bonchev–Trinajstić information content (AvgIpc) is 2.72. The molecule has 1 aromatic heterocycles. The molecule has 2 nitrogen and oxygen atoms in total. The van der Waals surface area contributed by atoms with E-state index in [2.05, 4.69) is 11.5 Å². The summed E-state index contributed by atoms with van der Waals surface area (Å²) in [4.78, 5) is 1.34. The number of halogens is 1. The van der Waals surface area contributed by atoms with Crippen LogP contribution in [0.5, 0.6) is 0 Å². The molecular weight excluding hydrogens is 264 g/mol. The second-order valence-electron chi connectivity index (χ2n) is 5.29. The summed E-state index contributed by atoms with van der Waals surface area (Å²) in [6, 6.07) is 4.51. The van der Waals surface area contributed by atoms with E-state index in [0.717, 1.165) is 16.7 Å². The molecule has 1 aliphatic rings. The summed E-state index contributed by atoms with van der Waals surface area (Å²) in [5.74, 6) is 6.49. The molecular formula is C14H23ClN2S. The second-order valence-corrected chi connectivity index (χ2v) is 7.09. The highest BCUT2D eigenvalue weighted by atomic mass is 35.5. The van der Waals surface area contributed by atoms with Crippen molar-refractivity contribution in [1.82, 2.24) is 5.43 Å². The normalized spacial score (nSPS) is 20.3. The maximum absolute atomic E-state index is 5.99.